The molecule has 0 bridgehead atoms. The molecule has 0 fully saturated rings. The minimum absolute atomic E-state index is 0.0396. The average molecular weight is 547 g/mol. The Bertz CT molecular complexity index is 1650. The van der Waals surface area contributed by atoms with Gasteiger partial charge in [0.15, 0.2) is 10.9 Å². The van der Waals surface area contributed by atoms with Gasteiger partial charge in [0.1, 0.15) is 17.2 Å². The molecule has 4 aromatic rings. The van der Waals surface area contributed by atoms with E-state index < -0.39 is 22.5 Å². The second-order valence-electron chi connectivity index (χ2n) is 8.79. The van der Waals surface area contributed by atoms with Crippen LogP contribution in [0.3, 0.4) is 0 Å². The lowest BCUT2D eigenvalue weighted by Crippen LogP contribution is -2.35. The summed E-state index contributed by atoms with van der Waals surface area (Å²) in [5.41, 5.74) is 8.62. The molecular formula is C27H20F2N6O3S. The molecule has 0 saturated heterocycles. The second-order valence-corrected chi connectivity index (χ2v) is 10.1. The Labute approximate surface area is 225 Å². The van der Waals surface area contributed by atoms with Crippen LogP contribution in [0.5, 0.6) is 17.2 Å². The molecule has 2 aliphatic rings. The summed E-state index contributed by atoms with van der Waals surface area (Å²) in [5, 5.41) is 3.18. The molecule has 1 atom stereocenters. The van der Waals surface area contributed by atoms with Gasteiger partial charge >= 0.3 is 0 Å². The molecule has 0 saturated carbocycles. The Morgan fingerprint density at radius 3 is 2.74 bits per heavy atom. The van der Waals surface area contributed by atoms with Gasteiger partial charge in [-0.3, -0.25) is 9.79 Å². The van der Waals surface area contributed by atoms with Gasteiger partial charge < -0.3 is 20.5 Å². The van der Waals surface area contributed by atoms with Crippen LogP contribution in [-0.4, -0.2) is 39.7 Å². The molecule has 0 radical (unpaired) electrons. The number of nitrogens with one attached hydrogen (secondary N) is 1. The number of aromatic nitrogens is 3. The Balaban J connectivity index is 1.44. The third kappa shape index (κ3) is 4.42. The maximum absolute atomic E-state index is 15.5. The molecule has 2 aliphatic heterocycles. The van der Waals surface area contributed by atoms with E-state index >= 15 is 4.39 Å². The minimum Gasteiger partial charge on any atom is -0.495 e. The predicted octanol–water partition coefficient (Wildman–Crippen LogP) is 4.88. The van der Waals surface area contributed by atoms with Crippen molar-refractivity contribution in [1.29, 1.82) is 0 Å². The molecule has 39 heavy (non-hydrogen) atoms. The van der Waals surface area contributed by atoms with Crippen LogP contribution >= 0.6 is 11.8 Å². The number of nitrogens with two attached hydrogens (primary N) is 1. The quantitative estimate of drug-likeness (QED) is 0.347. The van der Waals surface area contributed by atoms with Crippen molar-refractivity contribution in [3.05, 3.63) is 89.6 Å². The number of pyridine rings is 3. The van der Waals surface area contributed by atoms with Gasteiger partial charge in [-0.05, 0) is 48.9 Å². The fraction of sp³-hybridized carbons (Fsp3) is 0.148. The van der Waals surface area contributed by atoms with Crippen molar-refractivity contribution >= 4 is 28.5 Å². The number of halogens is 2. The smallest absolute Gasteiger partial charge is 0.274 e. The molecule has 5 heterocycles. The highest BCUT2D eigenvalue weighted by Gasteiger charge is 2.47. The lowest BCUT2D eigenvalue weighted by Gasteiger charge is -2.41. The van der Waals surface area contributed by atoms with Crippen LogP contribution in [-0.2, 0) is 4.75 Å². The van der Waals surface area contributed by atoms with E-state index in [2.05, 4.69) is 25.3 Å². The summed E-state index contributed by atoms with van der Waals surface area (Å²) in [6.07, 6.45) is 3.21. The zero-order valence-electron chi connectivity index (χ0n) is 20.4. The Hall–Kier alpha value is -4.58. The number of amidine groups is 1. The van der Waals surface area contributed by atoms with E-state index in [-0.39, 0.29) is 17.1 Å². The topological polar surface area (TPSA) is 125 Å². The molecule has 0 aliphatic carbocycles. The average Bonchev–Trinajstić information content (AvgIpc) is 2.94. The van der Waals surface area contributed by atoms with Gasteiger partial charge in [-0.1, -0.05) is 11.8 Å². The minimum atomic E-state index is -0.905. The van der Waals surface area contributed by atoms with E-state index in [4.69, 9.17) is 15.2 Å². The van der Waals surface area contributed by atoms with Crippen molar-refractivity contribution < 1.29 is 23.0 Å². The Kier molecular flexibility index (Phi) is 6.10. The lowest BCUT2D eigenvalue weighted by atomic mass is 9.83. The number of hydrogen-bond acceptors (Lipinski definition) is 9. The number of fused-ring (bicyclic) bond motifs is 4. The van der Waals surface area contributed by atoms with Crippen LogP contribution in [0, 0.1) is 11.9 Å². The third-order valence-corrected chi connectivity index (χ3v) is 7.82. The van der Waals surface area contributed by atoms with Gasteiger partial charge in [-0.2, -0.15) is 8.78 Å². The summed E-state index contributed by atoms with van der Waals surface area (Å²) in [7, 11) is 1.51. The van der Waals surface area contributed by atoms with Gasteiger partial charge in [0, 0.05) is 41.2 Å². The van der Waals surface area contributed by atoms with Crippen molar-refractivity contribution in [1.82, 2.24) is 15.0 Å². The number of rotatable bonds is 4. The molecule has 3 aromatic heterocycles. The molecule has 9 nitrogen and oxygen atoms in total. The standard InChI is InChI=1S/C27H20F2N6O3S/c1-37-16-3-4-19(33-13-16)25(36)34-15-2-5-21-17(11-15)27(7-9-32-26(30)39-27)18-12-20(35-24(29)23(18)38-21)14-6-8-31-22(28)10-14/h2-6,8,10-13H,7,9H2,1H3,(H2,30,32)(H,34,36)/t27-/m0/s1. The monoisotopic (exact) mass is 546 g/mol. The summed E-state index contributed by atoms with van der Waals surface area (Å²) < 4.78 is 39.5. The van der Waals surface area contributed by atoms with Crippen LogP contribution in [0.4, 0.5) is 14.5 Å². The first kappa shape index (κ1) is 24.7. The summed E-state index contributed by atoms with van der Waals surface area (Å²) in [6, 6.07) is 12.7. The van der Waals surface area contributed by atoms with Crippen molar-refractivity contribution in [3.63, 3.8) is 0 Å². The van der Waals surface area contributed by atoms with Gasteiger partial charge in [-0.15, -0.1) is 0 Å². The number of thioether (sulfide) groups is 1. The van der Waals surface area contributed by atoms with Crippen LogP contribution < -0.4 is 20.5 Å². The fourth-order valence-electron chi connectivity index (χ4n) is 4.67. The maximum Gasteiger partial charge on any atom is 0.274 e. The summed E-state index contributed by atoms with van der Waals surface area (Å²) >= 11 is 1.27. The number of nitrogens with zero attached hydrogens (tertiary/aromatic N) is 4. The number of methoxy groups -OCH3 is 1. The summed E-state index contributed by atoms with van der Waals surface area (Å²) in [6.45, 7) is 0.382. The van der Waals surface area contributed by atoms with Crippen LogP contribution in [0.15, 0.2) is 65.9 Å². The van der Waals surface area contributed by atoms with Crippen LogP contribution in [0.1, 0.15) is 28.0 Å². The number of anilines is 1. The molecule has 6 rings (SSSR count). The largest absolute Gasteiger partial charge is 0.495 e. The van der Waals surface area contributed by atoms with Crippen molar-refractivity contribution in [2.75, 3.05) is 19.0 Å². The van der Waals surface area contributed by atoms with Crippen molar-refractivity contribution in [2.24, 2.45) is 10.7 Å². The zero-order valence-corrected chi connectivity index (χ0v) is 21.3. The van der Waals surface area contributed by atoms with E-state index in [1.807, 2.05) is 0 Å². The number of carbonyl (C=O) groups is 1. The zero-order chi connectivity index (χ0) is 27.1. The SMILES string of the molecule is COc1ccc(C(=O)Nc2ccc3c(c2)[C@@]2(CCN=C(N)S2)c2cc(-c4ccnc(F)c4)nc(F)c2O3)nc1. The molecule has 0 unspecified atom stereocenters. The lowest BCUT2D eigenvalue weighted by molar-refractivity contribution is 0.102. The highest BCUT2D eigenvalue weighted by atomic mass is 32.2. The van der Waals surface area contributed by atoms with Gasteiger partial charge in [0.05, 0.1) is 23.7 Å². The van der Waals surface area contributed by atoms with E-state index in [1.54, 1.807) is 42.5 Å². The first-order valence-electron chi connectivity index (χ1n) is 11.8. The Morgan fingerprint density at radius 1 is 1.13 bits per heavy atom. The molecule has 1 aromatic carbocycles. The number of benzene rings is 1. The van der Waals surface area contributed by atoms with Crippen LogP contribution in [0.2, 0.25) is 0 Å². The van der Waals surface area contributed by atoms with Crippen molar-refractivity contribution in [2.45, 2.75) is 11.2 Å². The first-order valence-corrected chi connectivity index (χ1v) is 12.6. The molecule has 1 amide bonds. The first-order chi connectivity index (χ1) is 18.9. The normalized spacial score (nSPS) is 17.5. The molecule has 1 spiro atoms. The summed E-state index contributed by atoms with van der Waals surface area (Å²) in [4.78, 5) is 29.0. The number of hydrogen-bond donors (Lipinski definition) is 2. The van der Waals surface area contributed by atoms with Gasteiger partial charge in [-0.25, -0.2) is 15.0 Å². The van der Waals surface area contributed by atoms with E-state index in [9.17, 15) is 9.18 Å². The molecule has 3 N–H and O–H groups in total. The Morgan fingerprint density at radius 2 is 2.00 bits per heavy atom. The number of carbonyl (C=O) groups excluding carboxylic acids is 1. The van der Waals surface area contributed by atoms with Gasteiger partial charge in [0.2, 0.25) is 5.95 Å². The van der Waals surface area contributed by atoms with E-state index in [0.717, 1.165) is 0 Å². The summed E-state index contributed by atoms with van der Waals surface area (Å²) in [5.74, 6) is -1.08. The van der Waals surface area contributed by atoms with E-state index in [1.165, 1.54) is 37.3 Å². The van der Waals surface area contributed by atoms with E-state index in [0.29, 0.717) is 52.0 Å². The highest BCUT2D eigenvalue weighted by molar-refractivity contribution is 8.14. The van der Waals surface area contributed by atoms with Crippen molar-refractivity contribution in [3.8, 4) is 28.5 Å². The molecular weight excluding hydrogens is 526 g/mol. The molecule has 12 heteroatoms. The molecule has 196 valence electrons. The third-order valence-electron chi connectivity index (χ3n) is 6.49. The number of amides is 1. The maximum atomic E-state index is 15.5. The van der Waals surface area contributed by atoms with Crippen LogP contribution in [0.25, 0.3) is 11.3 Å². The predicted molar refractivity (Wildman–Crippen MR) is 142 cm³/mol. The second kappa shape index (κ2) is 9.62. The van der Waals surface area contributed by atoms with Gasteiger partial charge in [0.25, 0.3) is 11.9 Å². The number of ether oxygens (including phenoxy) is 2. The number of aliphatic imine (C=N–C) groups is 1. The fourth-order valence-corrected chi connectivity index (χ4v) is 5.91. The highest BCUT2D eigenvalue weighted by Crippen LogP contribution is 2.58.